The van der Waals surface area contributed by atoms with Gasteiger partial charge in [-0.15, -0.1) is 45.3 Å². The highest BCUT2D eigenvalue weighted by Gasteiger charge is 2.12. The average molecular weight is 485 g/mol. The fourth-order valence-electron chi connectivity index (χ4n) is 3.94. The molecule has 32 heavy (non-hydrogen) atoms. The van der Waals surface area contributed by atoms with Gasteiger partial charge in [0.25, 0.3) is 0 Å². The Hall–Kier alpha value is -2.50. The van der Waals surface area contributed by atoms with E-state index in [2.05, 4.69) is 98.8 Å². The van der Waals surface area contributed by atoms with Gasteiger partial charge in [-0.25, -0.2) is 0 Å². The molecule has 0 saturated carbocycles. The van der Waals surface area contributed by atoms with Crippen LogP contribution in [0.2, 0.25) is 0 Å². The first-order valence-corrected chi connectivity index (χ1v) is 13.8. The second-order valence-corrected chi connectivity index (χ2v) is 12.7. The summed E-state index contributed by atoms with van der Waals surface area (Å²) in [5.41, 5.74) is 2.52. The third kappa shape index (κ3) is 3.78. The largest absolute Gasteiger partial charge is 0.141 e. The van der Waals surface area contributed by atoms with Crippen molar-refractivity contribution in [3.63, 3.8) is 0 Å². The van der Waals surface area contributed by atoms with E-state index in [0.717, 1.165) is 0 Å². The smallest absolute Gasteiger partial charge is 0.0542 e. The lowest BCUT2D eigenvalue weighted by atomic mass is 10.1. The van der Waals surface area contributed by atoms with Gasteiger partial charge in [0.15, 0.2) is 0 Å². The number of hydrogen-bond donors (Lipinski definition) is 0. The Bertz CT molecular complexity index is 1520. The molecule has 0 radical (unpaired) electrons. The lowest BCUT2D eigenvalue weighted by Gasteiger charge is -1.96. The van der Waals surface area contributed by atoms with E-state index in [0.29, 0.717) is 0 Å². The van der Waals surface area contributed by atoms with Gasteiger partial charge < -0.3 is 0 Å². The van der Waals surface area contributed by atoms with E-state index in [4.69, 9.17) is 0 Å². The summed E-state index contributed by atoms with van der Waals surface area (Å²) in [5.74, 6) is 0. The maximum Gasteiger partial charge on any atom is 0.0542 e. The van der Waals surface area contributed by atoms with Gasteiger partial charge in [-0.2, -0.15) is 0 Å². The van der Waals surface area contributed by atoms with Gasteiger partial charge in [-0.1, -0.05) is 36.4 Å². The van der Waals surface area contributed by atoms with Crippen LogP contribution in [0.3, 0.4) is 0 Å². The molecular formula is C28H20S4. The summed E-state index contributed by atoms with van der Waals surface area (Å²) in [6, 6.07) is 22.5. The fourth-order valence-corrected chi connectivity index (χ4v) is 8.25. The van der Waals surface area contributed by atoms with E-state index in [1.807, 2.05) is 45.3 Å². The van der Waals surface area contributed by atoms with Crippen molar-refractivity contribution in [3.8, 4) is 0 Å². The van der Waals surface area contributed by atoms with Crippen molar-refractivity contribution >= 4 is 99.2 Å². The third-order valence-corrected chi connectivity index (χ3v) is 9.97. The van der Waals surface area contributed by atoms with Crippen LogP contribution < -0.4 is 0 Å². The Labute approximate surface area is 203 Å². The average Bonchev–Trinajstić information content (AvgIpc) is 3.55. The second-order valence-electron chi connectivity index (χ2n) is 7.94. The summed E-state index contributed by atoms with van der Waals surface area (Å²) in [4.78, 5) is 5.32. The summed E-state index contributed by atoms with van der Waals surface area (Å²) >= 11 is 7.51. The maximum absolute atomic E-state index is 2.33. The summed E-state index contributed by atoms with van der Waals surface area (Å²) in [6.45, 7) is 4.31. The lowest BCUT2D eigenvalue weighted by molar-refractivity contribution is 1.64. The van der Waals surface area contributed by atoms with E-state index < -0.39 is 0 Å². The normalized spacial score (nSPS) is 12.4. The molecule has 0 bridgehead atoms. The zero-order chi connectivity index (χ0) is 21.7. The molecular weight excluding hydrogens is 465 g/mol. The van der Waals surface area contributed by atoms with Crippen molar-refractivity contribution in [3.05, 3.63) is 91.3 Å². The SMILES string of the molecule is Cc1ccc(/C=C/c2ccc3c(c2)sc2c4ccc(/C=C/c5ccc(C)s5)cc4sc32)s1. The molecule has 0 amide bonds. The zero-order valence-electron chi connectivity index (χ0n) is 17.7. The number of aryl methyl sites for hydroxylation is 2. The molecule has 0 aliphatic heterocycles. The molecule has 6 aromatic rings. The van der Waals surface area contributed by atoms with E-state index in [9.17, 15) is 0 Å². The van der Waals surface area contributed by atoms with Crippen molar-refractivity contribution in [1.29, 1.82) is 0 Å². The maximum atomic E-state index is 2.33. The highest BCUT2D eigenvalue weighted by atomic mass is 32.1. The van der Waals surface area contributed by atoms with Gasteiger partial charge in [-0.05, 0) is 73.5 Å². The van der Waals surface area contributed by atoms with Crippen LogP contribution in [0.15, 0.2) is 60.7 Å². The van der Waals surface area contributed by atoms with Gasteiger partial charge in [0, 0.05) is 39.7 Å². The number of hydrogen-bond acceptors (Lipinski definition) is 4. The van der Waals surface area contributed by atoms with Gasteiger partial charge in [0.2, 0.25) is 0 Å². The van der Waals surface area contributed by atoms with Gasteiger partial charge >= 0.3 is 0 Å². The molecule has 0 aliphatic rings. The minimum absolute atomic E-state index is 1.26. The van der Waals surface area contributed by atoms with Crippen LogP contribution in [-0.2, 0) is 0 Å². The molecule has 0 atom stereocenters. The van der Waals surface area contributed by atoms with E-state index in [1.165, 1.54) is 60.2 Å². The number of rotatable bonds is 4. The number of fused-ring (bicyclic) bond motifs is 5. The Morgan fingerprint density at radius 2 is 0.969 bits per heavy atom. The number of benzene rings is 2. The predicted octanol–water partition coefficient (Wildman–Crippen LogP) is 10.3. The van der Waals surface area contributed by atoms with Crippen LogP contribution in [-0.4, -0.2) is 0 Å². The van der Waals surface area contributed by atoms with E-state index >= 15 is 0 Å². The first-order chi connectivity index (χ1) is 15.6. The summed E-state index contributed by atoms with van der Waals surface area (Å²) in [7, 11) is 0. The Balaban J connectivity index is 1.35. The Morgan fingerprint density at radius 1 is 0.500 bits per heavy atom. The second kappa shape index (κ2) is 8.13. The molecule has 2 aromatic carbocycles. The fraction of sp³-hybridized carbons (Fsp3) is 0.0714. The summed E-state index contributed by atoms with van der Waals surface area (Å²) in [6.07, 6.45) is 8.89. The van der Waals surface area contributed by atoms with Crippen LogP contribution in [0.25, 0.3) is 53.9 Å². The predicted molar refractivity (Wildman–Crippen MR) is 151 cm³/mol. The molecule has 0 nitrogen and oxygen atoms in total. The lowest BCUT2D eigenvalue weighted by Crippen LogP contribution is -1.71. The molecule has 0 fully saturated rings. The van der Waals surface area contributed by atoms with Crippen molar-refractivity contribution < 1.29 is 0 Å². The third-order valence-electron chi connectivity index (χ3n) is 5.53. The Morgan fingerprint density at radius 3 is 1.38 bits per heavy atom. The molecule has 0 spiro atoms. The molecule has 0 saturated heterocycles. The van der Waals surface area contributed by atoms with E-state index in [1.54, 1.807) is 0 Å². The molecule has 0 aliphatic carbocycles. The first-order valence-electron chi connectivity index (χ1n) is 10.5. The van der Waals surface area contributed by atoms with Crippen molar-refractivity contribution in [2.45, 2.75) is 13.8 Å². The quantitative estimate of drug-likeness (QED) is 0.233. The minimum Gasteiger partial charge on any atom is -0.141 e. The van der Waals surface area contributed by atoms with Crippen LogP contribution in [0.4, 0.5) is 0 Å². The Kier molecular flexibility index (Phi) is 5.11. The molecule has 4 heterocycles. The topological polar surface area (TPSA) is 0 Å². The van der Waals surface area contributed by atoms with E-state index in [-0.39, 0.29) is 0 Å². The highest BCUT2D eigenvalue weighted by molar-refractivity contribution is 7.36. The molecule has 0 unspecified atom stereocenters. The highest BCUT2D eigenvalue weighted by Crippen LogP contribution is 2.44. The van der Waals surface area contributed by atoms with Gasteiger partial charge in [0.05, 0.1) is 9.40 Å². The van der Waals surface area contributed by atoms with Crippen LogP contribution >= 0.6 is 45.3 Å². The van der Waals surface area contributed by atoms with Gasteiger partial charge in [-0.3, -0.25) is 0 Å². The first kappa shape index (κ1) is 20.1. The molecule has 156 valence electrons. The molecule has 6 rings (SSSR count). The van der Waals surface area contributed by atoms with Crippen molar-refractivity contribution in [2.75, 3.05) is 0 Å². The molecule has 0 N–H and O–H groups in total. The number of thiophene rings is 4. The summed E-state index contributed by atoms with van der Waals surface area (Å²) < 4.78 is 5.57. The monoisotopic (exact) mass is 484 g/mol. The standard InChI is InChI=1S/C28H20S4/c1-17-3-9-21(29-17)11-5-19-7-13-23-25(15-19)31-28-24-14-8-20(16-26(24)32-27(23)28)6-12-22-10-4-18(2)30-22/h3-16H,1-2H3/b11-5+,12-6+. The van der Waals surface area contributed by atoms with Crippen molar-refractivity contribution in [2.24, 2.45) is 0 Å². The zero-order valence-corrected chi connectivity index (χ0v) is 21.0. The molecule has 4 heteroatoms. The van der Waals surface area contributed by atoms with Crippen LogP contribution in [0, 0.1) is 13.8 Å². The van der Waals surface area contributed by atoms with Crippen LogP contribution in [0.1, 0.15) is 30.6 Å². The van der Waals surface area contributed by atoms with Crippen LogP contribution in [0.5, 0.6) is 0 Å². The minimum atomic E-state index is 1.26. The van der Waals surface area contributed by atoms with Crippen molar-refractivity contribution in [1.82, 2.24) is 0 Å². The van der Waals surface area contributed by atoms with Gasteiger partial charge in [0.1, 0.15) is 0 Å². The summed E-state index contributed by atoms with van der Waals surface area (Å²) in [5, 5.41) is 2.75. The molecule has 4 aromatic heterocycles.